The van der Waals surface area contributed by atoms with E-state index in [9.17, 15) is 17.6 Å². The predicted octanol–water partition coefficient (Wildman–Crippen LogP) is 3.15. The minimum absolute atomic E-state index is 0. The van der Waals surface area contributed by atoms with Crippen molar-refractivity contribution in [1.82, 2.24) is 10.2 Å². The lowest BCUT2D eigenvalue weighted by atomic mass is 9.99. The van der Waals surface area contributed by atoms with Crippen LogP contribution in [0.2, 0.25) is 0 Å². The average molecular weight is 343 g/mol. The van der Waals surface area contributed by atoms with Gasteiger partial charge in [0.05, 0.1) is 13.5 Å². The average Bonchev–Trinajstić information content (AvgIpc) is 2.45. The van der Waals surface area contributed by atoms with Crippen LogP contribution < -0.4 is 10.1 Å². The van der Waals surface area contributed by atoms with Gasteiger partial charge in [0.2, 0.25) is 0 Å². The summed E-state index contributed by atoms with van der Waals surface area (Å²) in [5.41, 5.74) is 0.0357. The van der Waals surface area contributed by atoms with Crippen LogP contribution in [0.25, 0.3) is 0 Å². The monoisotopic (exact) mass is 342 g/mol. The van der Waals surface area contributed by atoms with E-state index in [1.807, 2.05) is 0 Å². The molecule has 126 valence electrons. The minimum atomic E-state index is -4.36. The van der Waals surface area contributed by atoms with Crippen LogP contribution in [0, 0.1) is 5.82 Å². The van der Waals surface area contributed by atoms with Crippen LogP contribution in [0.15, 0.2) is 18.2 Å². The molecule has 1 aromatic rings. The standard InChI is InChI=1S/C14H18F4N2O.ClH/c1-21-12-4-2-3-10(13(12)15)11(9-14(16,17)18)20-7-5-19-6-8-20;/h2-4,11,19H,5-9H2,1H3;1H/t11-;/m1./s1. The van der Waals surface area contributed by atoms with Crippen LogP contribution in [0.3, 0.4) is 0 Å². The number of hydrogen-bond acceptors (Lipinski definition) is 3. The molecule has 0 spiro atoms. The fourth-order valence-electron chi connectivity index (χ4n) is 2.59. The first-order valence-electron chi connectivity index (χ1n) is 6.76. The van der Waals surface area contributed by atoms with E-state index in [2.05, 4.69) is 5.32 Å². The van der Waals surface area contributed by atoms with Crippen molar-refractivity contribution in [3.63, 3.8) is 0 Å². The second-order valence-corrected chi connectivity index (χ2v) is 4.98. The molecule has 1 aliphatic heterocycles. The molecule has 1 fully saturated rings. The lowest BCUT2D eigenvalue weighted by Gasteiger charge is -2.35. The smallest absolute Gasteiger partial charge is 0.390 e. The van der Waals surface area contributed by atoms with Crippen molar-refractivity contribution in [2.45, 2.75) is 18.6 Å². The summed E-state index contributed by atoms with van der Waals surface area (Å²) in [4.78, 5) is 1.67. The highest BCUT2D eigenvalue weighted by atomic mass is 35.5. The fraction of sp³-hybridized carbons (Fsp3) is 0.571. The van der Waals surface area contributed by atoms with Gasteiger partial charge in [-0.1, -0.05) is 12.1 Å². The van der Waals surface area contributed by atoms with Crippen molar-refractivity contribution in [3.05, 3.63) is 29.6 Å². The van der Waals surface area contributed by atoms with Gasteiger partial charge in [-0.05, 0) is 6.07 Å². The number of hydrogen-bond donors (Lipinski definition) is 1. The topological polar surface area (TPSA) is 24.5 Å². The molecule has 0 amide bonds. The zero-order valence-corrected chi connectivity index (χ0v) is 12.9. The highest BCUT2D eigenvalue weighted by Gasteiger charge is 2.37. The highest BCUT2D eigenvalue weighted by Crippen LogP contribution is 2.36. The number of nitrogens with zero attached hydrogens (tertiary/aromatic N) is 1. The quantitative estimate of drug-likeness (QED) is 0.851. The van der Waals surface area contributed by atoms with Crippen LogP contribution >= 0.6 is 12.4 Å². The summed E-state index contributed by atoms with van der Waals surface area (Å²) in [6.07, 6.45) is -5.43. The molecular weight excluding hydrogens is 324 g/mol. The Kier molecular flexibility index (Phi) is 6.90. The third-order valence-corrected chi connectivity index (χ3v) is 3.59. The van der Waals surface area contributed by atoms with Crippen molar-refractivity contribution in [3.8, 4) is 5.75 Å². The molecule has 0 aromatic heterocycles. The largest absolute Gasteiger partial charge is 0.494 e. The fourth-order valence-corrected chi connectivity index (χ4v) is 2.59. The van der Waals surface area contributed by atoms with Gasteiger partial charge in [0.1, 0.15) is 0 Å². The Balaban J connectivity index is 0.00000242. The number of alkyl halides is 3. The van der Waals surface area contributed by atoms with Crippen LogP contribution in [-0.4, -0.2) is 44.4 Å². The maximum Gasteiger partial charge on any atom is 0.390 e. The van der Waals surface area contributed by atoms with E-state index in [1.165, 1.54) is 25.3 Å². The van der Waals surface area contributed by atoms with Gasteiger partial charge in [-0.2, -0.15) is 13.2 Å². The molecule has 1 saturated heterocycles. The predicted molar refractivity (Wildman–Crippen MR) is 78.1 cm³/mol. The van der Waals surface area contributed by atoms with Crippen LogP contribution in [0.4, 0.5) is 17.6 Å². The highest BCUT2D eigenvalue weighted by molar-refractivity contribution is 5.85. The van der Waals surface area contributed by atoms with E-state index in [1.54, 1.807) is 4.90 Å². The molecule has 8 heteroatoms. The molecule has 1 aliphatic rings. The van der Waals surface area contributed by atoms with Crippen molar-refractivity contribution in [2.75, 3.05) is 33.3 Å². The molecule has 0 aliphatic carbocycles. The number of ether oxygens (including phenoxy) is 1. The van der Waals surface area contributed by atoms with E-state index in [0.717, 1.165) is 0 Å². The zero-order chi connectivity index (χ0) is 15.5. The van der Waals surface area contributed by atoms with E-state index < -0.39 is 24.5 Å². The van der Waals surface area contributed by atoms with Gasteiger partial charge in [0, 0.05) is 37.8 Å². The summed E-state index contributed by atoms with van der Waals surface area (Å²) in [7, 11) is 1.30. The summed E-state index contributed by atoms with van der Waals surface area (Å²) >= 11 is 0. The molecule has 0 radical (unpaired) electrons. The molecule has 22 heavy (non-hydrogen) atoms. The molecule has 3 nitrogen and oxygen atoms in total. The molecule has 2 rings (SSSR count). The third kappa shape index (κ3) is 4.72. The normalized spacial score (nSPS) is 17.7. The van der Waals surface area contributed by atoms with Gasteiger partial charge >= 0.3 is 6.18 Å². The van der Waals surface area contributed by atoms with Gasteiger partial charge < -0.3 is 10.1 Å². The first kappa shape index (κ1) is 19.0. The van der Waals surface area contributed by atoms with E-state index in [0.29, 0.717) is 26.2 Å². The summed E-state index contributed by atoms with van der Waals surface area (Å²) in [5, 5.41) is 3.08. The zero-order valence-electron chi connectivity index (χ0n) is 12.1. The molecule has 1 heterocycles. The Morgan fingerprint density at radius 1 is 1.27 bits per heavy atom. The molecular formula is C14H19ClF4N2O. The van der Waals surface area contributed by atoms with Gasteiger partial charge in [0.15, 0.2) is 11.6 Å². The van der Waals surface area contributed by atoms with E-state index in [4.69, 9.17) is 4.74 Å². The molecule has 1 N–H and O–H groups in total. The Labute approximate surface area is 133 Å². The first-order valence-corrected chi connectivity index (χ1v) is 6.76. The number of halogens is 5. The summed E-state index contributed by atoms with van der Waals surface area (Å²) in [6, 6.07) is 3.29. The van der Waals surface area contributed by atoms with Crippen molar-refractivity contribution in [1.29, 1.82) is 0 Å². The summed E-state index contributed by atoms with van der Waals surface area (Å²) in [6.45, 7) is 2.11. The number of benzene rings is 1. The van der Waals surface area contributed by atoms with Gasteiger partial charge in [-0.25, -0.2) is 4.39 Å². The first-order chi connectivity index (χ1) is 9.92. The third-order valence-electron chi connectivity index (χ3n) is 3.59. The van der Waals surface area contributed by atoms with Crippen molar-refractivity contribution < 1.29 is 22.3 Å². The molecule has 0 bridgehead atoms. The SMILES string of the molecule is COc1cccc([C@@H](CC(F)(F)F)N2CCNCC2)c1F.Cl. The van der Waals surface area contributed by atoms with Crippen LogP contribution in [0.1, 0.15) is 18.0 Å². The number of rotatable bonds is 4. The maximum absolute atomic E-state index is 14.3. The van der Waals surface area contributed by atoms with Gasteiger partial charge in [-0.15, -0.1) is 12.4 Å². The Morgan fingerprint density at radius 2 is 1.91 bits per heavy atom. The number of methoxy groups -OCH3 is 1. The van der Waals surface area contributed by atoms with E-state index in [-0.39, 0.29) is 23.7 Å². The van der Waals surface area contributed by atoms with Crippen molar-refractivity contribution >= 4 is 12.4 Å². The number of piperazine rings is 1. The second-order valence-electron chi connectivity index (χ2n) is 4.98. The molecule has 1 atom stereocenters. The Bertz CT molecular complexity index is 478. The maximum atomic E-state index is 14.3. The lowest BCUT2D eigenvalue weighted by molar-refractivity contribution is -0.149. The van der Waals surface area contributed by atoms with Gasteiger partial charge in [0.25, 0.3) is 0 Å². The molecule has 1 aromatic carbocycles. The summed E-state index contributed by atoms with van der Waals surface area (Å²) < 4.78 is 57.8. The lowest BCUT2D eigenvalue weighted by Crippen LogP contribution is -2.46. The minimum Gasteiger partial charge on any atom is -0.494 e. The van der Waals surface area contributed by atoms with Crippen LogP contribution in [0.5, 0.6) is 5.75 Å². The summed E-state index contributed by atoms with van der Waals surface area (Å²) in [5.74, 6) is -0.748. The second kappa shape index (κ2) is 7.99. The molecule has 0 unspecified atom stereocenters. The Morgan fingerprint density at radius 3 is 2.45 bits per heavy atom. The molecule has 0 saturated carbocycles. The van der Waals surface area contributed by atoms with E-state index >= 15 is 0 Å². The Hall–Kier alpha value is -1.05. The number of nitrogens with one attached hydrogen (secondary N) is 1. The van der Waals surface area contributed by atoms with Crippen molar-refractivity contribution in [2.24, 2.45) is 0 Å². The van der Waals surface area contributed by atoms with Crippen LogP contribution in [-0.2, 0) is 0 Å². The van der Waals surface area contributed by atoms with Gasteiger partial charge in [-0.3, -0.25) is 4.90 Å².